The molecule has 0 aliphatic carbocycles. The van der Waals surface area contributed by atoms with E-state index in [2.05, 4.69) is 25.6 Å². The van der Waals surface area contributed by atoms with Crippen LogP contribution in [-0.2, 0) is 0 Å². The number of halogens is 2. The third kappa shape index (κ3) is 3.09. The fourth-order valence-electron chi connectivity index (χ4n) is 3.03. The van der Waals surface area contributed by atoms with Crippen LogP contribution in [0.4, 0.5) is 5.82 Å². The SMILES string of the molecule is Clc1ccc(-c2csc3nc(Cl)nc(N4CCCNCC4)c23)cc1. The van der Waals surface area contributed by atoms with E-state index < -0.39 is 0 Å². The lowest BCUT2D eigenvalue weighted by molar-refractivity contribution is 0.724. The Hall–Kier alpha value is -1.40. The maximum atomic E-state index is 6.18. The first-order chi connectivity index (χ1) is 11.7. The van der Waals surface area contributed by atoms with Crippen molar-refractivity contribution in [3.63, 3.8) is 0 Å². The molecule has 1 aromatic carbocycles. The van der Waals surface area contributed by atoms with Crippen LogP contribution in [0.2, 0.25) is 10.3 Å². The molecule has 4 rings (SSSR count). The van der Waals surface area contributed by atoms with Gasteiger partial charge in [-0.05, 0) is 42.3 Å². The molecule has 1 aliphatic rings. The zero-order chi connectivity index (χ0) is 16.5. The highest BCUT2D eigenvalue weighted by Gasteiger charge is 2.20. The van der Waals surface area contributed by atoms with Crippen molar-refractivity contribution in [3.05, 3.63) is 40.0 Å². The molecule has 4 nitrogen and oxygen atoms in total. The molecule has 0 unspecified atom stereocenters. The van der Waals surface area contributed by atoms with E-state index in [1.165, 1.54) is 0 Å². The second kappa shape index (κ2) is 6.84. The van der Waals surface area contributed by atoms with Gasteiger partial charge < -0.3 is 10.2 Å². The topological polar surface area (TPSA) is 41.1 Å². The first-order valence-corrected chi connectivity index (χ1v) is 9.52. The minimum Gasteiger partial charge on any atom is -0.355 e. The summed E-state index contributed by atoms with van der Waals surface area (Å²) in [7, 11) is 0. The molecule has 0 amide bonds. The van der Waals surface area contributed by atoms with Crippen LogP contribution in [-0.4, -0.2) is 36.1 Å². The van der Waals surface area contributed by atoms with Crippen molar-refractivity contribution in [1.82, 2.24) is 15.3 Å². The Morgan fingerprint density at radius 1 is 1.04 bits per heavy atom. The quantitative estimate of drug-likeness (QED) is 0.668. The van der Waals surface area contributed by atoms with Gasteiger partial charge in [0.05, 0.1) is 5.39 Å². The number of nitrogens with zero attached hydrogens (tertiary/aromatic N) is 3. The number of fused-ring (bicyclic) bond motifs is 1. The van der Waals surface area contributed by atoms with Gasteiger partial charge in [0.2, 0.25) is 5.28 Å². The van der Waals surface area contributed by atoms with Gasteiger partial charge in [-0.2, -0.15) is 4.98 Å². The van der Waals surface area contributed by atoms with Gasteiger partial charge >= 0.3 is 0 Å². The Morgan fingerprint density at radius 2 is 1.88 bits per heavy atom. The molecular weight excluding hydrogens is 363 g/mol. The number of benzene rings is 1. The zero-order valence-corrected chi connectivity index (χ0v) is 15.3. The molecule has 0 atom stereocenters. The second-order valence-corrected chi connectivity index (χ2v) is 7.38. The summed E-state index contributed by atoms with van der Waals surface area (Å²) in [5.74, 6) is 0.930. The number of anilines is 1. The molecule has 1 aliphatic heterocycles. The van der Waals surface area contributed by atoms with E-state index >= 15 is 0 Å². The molecule has 0 radical (unpaired) electrons. The van der Waals surface area contributed by atoms with Crippen LogP contribution in [0.15, 0.2) is 29.6 Å². The molecule has 124 valence electrons. The summed E-state index contributed by atoms with van der Waals surface area (Å²) in [4.78, 5) is 12.2. The first kappa shape index (κ1) is 16.1. The number of thiophene rings is 1. The highest BCUT2D eigenvalue weighted by molar-refractivity contribution is 7.17. The van der Waals surface area contributed by atoms with E-state index in [9.17, 15) is 0 Å². The van der Waals surface area contributed by atoms with Crippen LogP contribution < -0.4 is 10.2 Å². The molecule has 24 heavy (non-hydrogen) atoms. The predicted octanol–water partition coefficient (Wildman–Crippen LogP) is 4.46. The monoisotopic (exact) mass is 378 g/mol. The highest BCUT2D eigenvalue weighted by Crippen LogP contribution is 2.39. The smallest absolute Gasteiger partial charge is 0.225 e. The van der Waals surface area contributed by atoms with E-state index in [-0.39, 0.29) is 0 Å². The summed E-state index contributed by atoms with van der Waals surface area (Å²) in [6.07, 6.45) is 1.09. The molecule has 3 aromatic rings. The average Bonchev–Trinajstić information content (AvgIpc) is 2.81. The van der Waals surface area contributed by atoms with E-state index in [0.29, 0.717) is 5.28 Å². The fraction of sp³-hybridized carbons (Fsp3) is 0.294. The van der Waals surface area contributed by atoms with Crippen molar-refractivity contribution in [1.29, 1.82) is 0 Å². The summed E-state index contributed by atoms with van der Waals surface area (Å²) < 4.78 is 0. The minimum absolute atomic E-state index is 0.305. The molecule has 1 saturated heterocycles. The number of aromatic nitrogens is 2. The van der Waals surface area contributed by atoms with Gasteiger partial charge in [-0.3, -0.25) is 0 Å². The van der Waals surface area contributed by atoms with Gasteiger partial charge in [-0.15, -0.1) is 11.3 Å². The van der Waals surface area contributed by atoms with Crippen molar-refractivity contribution < 1.29 is 0 Å². The second-order valence-electron chi connectivity index (χ2n) is 5.74. The van der Waals surface area contributed by atoms with Crippen LogP contribution >= 0.6 is 34.5 Å². The molecule has 1 fully saturated rings. The summed E-state index contributed by atoms with van der Waals surface area (Å²) in [6, 6.07) is 7.89. The Labute approximate surface area is 154 Å². The Kier molecular flexibility index (Phi) is 4.59. The van der Waals surface area contributed by atoms with Crippen molar-refractivity contribution >= 4 is 50.6 Å². The summed E-state index contributed by atoms with van der Waals surface area (Å²) in [5.41, 5.74) is 2.25. The number of hydrogen-bond donors (Lipinski definition) is 1. The van der Waals surface area contributed by atoms with Crippen molar-refractivity contribution in [3.8, 4) is 11.1 Å². The Bertz CT molecular complexity index is 855. The summed E-state index contributed by atoms with van der Waals surface area (Å²) >= 11 is 13.8. The molecular formula is C17H16Cl2N4S. The largest absolute Gasteiger partial charge is 0.355 e. The van der Waals surface area contributed by atoms with Crippen LogP contribution in [0.1, 0.15) is 6.42 Å². The number of nitrogens with one attached hydrogen (secondary N) is 1. The maximum Gasteiger partial charge on any atom is 0.225 e. The Balaban J connectivity index is 1.88. The van der Waals surface area contributed by atoms with Gasteiger partial charge in [0, 0.05) is 35.6 Å². The van der Waals surface area contributed by atoms with Gasteiger partial charge in [-0.25, -0.2) is 4.98 Å². The minimum atomic E-state index is 0.305. The first-order valence-electron chi connectivity index (χ1n) is 7.89. The zero-order valence-electron chi connectivity index (χ0n) is 12.9. The molecule has 2 aromatic heterocycles. The Morgan fingerprint density at radius 3 is 2.71 bits per heavy atom. The number of hydrogen-bond acceptors (Lipinski definition) is 5. The third-order valence-corrected chi connectivity index (χ3v) is 5.48. The van der Waals surface area contributed by atoms with Crippen molar-refractivity contribution in [2.24, 2.45) is 0 Å². The fourth-order valence-corrected chi connectivity index (χ4v) is 4.31. The molecule has 3 heterocycles. The lowest BCUT2D eigenvalue weighted by Crippen LogP contribution is -2.28. The lowest BCUT2D eigenvalue weighted by atomic mass is 10.1. The van der Waals surface area contributed by atoms with Gasteiger partial charge in [0.1, 0.15) is 10.6 Å². The van der Waals surface area contributed by atoms with E-state index in [0.717, 1.165) is 64.8 Å². The molecule has 0 spiro atoms. The third-order valence-electron chi connectivity index (χ3n) is 4.18. The molecule has 1 N–H and O–H groups in total. The normalized spacial score (nSPS) is 15.7. The van der Waals surface area contributed by atoms with E-state index in [4.69, 9.17) is 23.2 Å². The molecule has 0 saturated carbocycles. The van der Waals surface area contributed by atoms with Crippen molar-refractivity contribution in [2.45, 2.75) is 6.42 Å². The van der Waals surface area contributed by atoms with Crippen LogP contribution in [0.5, 0.6) is 0 Å². The molecule has 7 heteroatoms. The van der Waals surface area contributed by atoms with Crippen LogP contribution in [0, 0.1) is 0 Å². The van der Waals surface area contributed by atoms with Crippen LogP contribution in [0.3, 0.4) is 0 Å². The average molecular weight is 379 g/mol. The van der Waals surface area contributed by atoms with Crippen molar-refractivity contribution in [2.75, 3.05) is 31.1 Å². The molecule has 0 bridgehead atoms. The van der Waals surface area contributed by atoms with Gasteiger partial charge in [0.25, 0.3) is 0 Å². The summed E-state index contributed by atoms with van der Waals surface area (Å²) in [5, 5.41) is 7.66. The lowest BCUT2D eigenvalue weighted by Gasteiger charge is -2.22. The van der Waals surface area contributed by atoms with E-state index in [1.54, 1.807) is 11.3 Å². The highest BCUT2D eigenvalue weighted by atomic mass is 35.5. The maximum absolute atomic E-state index is 6.18. The van der Waals surface area contributed by atoms with Gasteiger partial charge in [0.15, 0.2) is 0 Å². The standard InChI is InChI=1S/C17H16Cl2N4S/c18-12-4-2-11(3-5-12)13-10-24-16-14(13)15(21-17(19)22-16)23-8-1-6-20-7-9-23/h2-5,10,20H,1,6-9H2. The van der Waals surface area contributed by atoms with E-state index in [1.807, 2.05) is 24.3 Å². The van der Waals surface area contributed by atoms with Gasteiger partial charge in [-0.1, -0.05) is 23.7 Å². The number of rotatable bonds is 2. The van der Waals surface area contributed by atoms with Crippen LogP contribution in [0.25, 0.3) is 21.3 Å². The predicted molar refractivity (Wildman–Crippen MR) is 103 cm³/mol. The summed E-state index contributed by atoms with van der Waals surface area (Å²) in [6.45, 7) is 3.86.